The molecule has 8 nitrogen and oxygen atoms in total. The van der Waals surface area contributed by atoms with Crippen molar-refractivity contribution in [3.8, 4) is 0 Å². The van der Waals surface area contributed by atoms with Crippen LogP contribution in [0.2, 0.25) is 0 Å². The van der Waals surface area contributed by atoms with Crippen LogP contribution in [0.5, 0.6) is 0 Å². The number of amides is 1. The topological polar surface area (TPSA) is 88.2 Å². The van der Waals surface area contributed by atoms with Crippen molar-refractivity contribution in [3.63, 3.8) is 0 Å². The molecule has 0 radical (unpaired) electrons. The summed E-state index contributed by atoms with van der Waals surface area (Å²) in [6.07, 6.45) is 0.141. The number of sulfonamides is 1. The summed E-state index contributed by atoms with van der Waals surface area (Å²) in [5, 5.41) is 2.85. The quantitative estimate of drug-likeness (QED) is 0.782. The number of ether oxygens (including phenoxy) is 2. The lowest BCUT2D eigenvalue weighted by Crippen LogP contribution is -2.52. The Bertz CT molecular complexity index is 785. The fourth-order valence-corrected chi connectivity index (χ4v) is 5.07. The van der Waals surface area contributed by atoms with Gasteiger partial charge in [0.25, 0.3) is 0 Å². The molecule has 0 unspecified atom stereocenters. The van der Waals surface area contributed by atoms with Crippen LogP contribution in [-0.4, -0.2) is 81.2 Å². The van der Waals surface area contributed by atoms with Crippen molar-refractivity contribution in [3.05, 3.63) is 24.3 Å². The van der Waals surface area contributed by atoms with Crippen LogP contribution in [0.25, 0.3) is 0 Å². The SMILES string of the molecule is C[C@@H]1CN([C@H](C)C(=O)Nc2cccc(S(=O)(=O)N3CCOCC3)c2)C[C@@H](C)O1. The van der Waals surface area contributed by atoms with Gasteiger partial charge in [-0.2, -0.15) is 4.31 Å². The number of carbonyl (C=O) groups is 1. The summed E-state index contributed by atoms with van der Waals surface area (Å²) in [5.74, 6) is -0.165. The van der Waals surface area contributed by atoms with Crippen LogP contribution in [0, 0.1) is 0 Å². The minimum absolute atomic E-state index is 0.0704. The Morgan fingerprint density at radius 2 is 1.82 bits per heavy atom. The molecular formula is C19H29N3O5S. The van der Waals surface area contributed by atoms with Crippen LogP contribution in [0.4, 0.5) is 5.69 Å². The largest absolute Gasteiger partial charge is 0.379 e. The molecule has 1 aromatic rings. The lowest BCUT2D eigenvalue weighted by molar-refractivity contribution is -0.126. The molecular weight excluding hydrogens is 382 g/mol. The van der Waals surface area contributed by atoms with Gasteiger partial charge in [-0.15, -0.1) is 0 Å². The highest BCUT2D eigenvalue weighted by atomic mass is 32.2. The van der Waals surface area contributed by atoms with Crippen molar-refractivity contribution in [2.24, 2.45) is 0 Å². The summed E-state index contributed by atoms with van der Waals surface area (Å²) in [7, 11) is -3.60. The van der Waals surface area contributed by atoms with Crippen molar-refractivity contribution in [2.75, 3.05) is 44.7 Å². The van der Waals surface area contributed by atoms with Crippen molar-refractivity contribution in [2.45, 2.75) is 43.9 Å². The Hall–Kier alpha value is -1.52. The molecule has 9 heteroatoms. The number of morpholine rings is 2. The molecule has 1 aromatic carbocycles. The summed E-state index contributed by atoms with van der Waals surface area (Å²) in [4.78, 5) is 15.0. The average Bonchev–Trinajstić information content (AvgIpc) is 2.67. The van der Waals surface area contributed by atoms with E-state index in [1.165, 1.54) is 10.4 Å². The standard InChI is InChI=1S/C19H29N3O5S/c1-14-12-21(13-15(2)27-14)16(3)19(23)20-17-5-4-6-18(11-17)28(24,25)22-7-9-26-10-8-22/h4-6,11,14-16H,7-10,12-13H2,1-3H3,(H,20,23)/t14-,15-,16-/m1/s1. The fraction of sp³-hybridized carbons (Fsp3) is 0.632. The molecule has 2 aliphatic heterocycles. The summed E-state index contributed by atoms with van der Waals surface area (Å²) < 4.78 is 38.0. The van der Waals surface area contributed by atoms with Gasteiger partial charge in [-0.25, -0.2) is 8.42 Å². The molecule has 1 N–H and O–H groups in total. The maximum atomic E-state index is 12.8. The number of benzene rings is 1. The highest BCUT2D eigenvalue weighted by Crippen LogP contribution is 2.21. The lowest BCUT2D eigenvalue weighted by atomic mass is 10.1. The first-order valence-electron chi connectivity index (χ1n) is 9.65. The van der Waals surface area contributed by atoms with Crippen molar-refractivity contribution in [1.82, 2.24) is 9.21 Å². The molecule has 28 heavy (non-hydrogen) atoms. The molecule has 2 aliphatic rings. The van der Waals surface area contributed by atoms with Crippen LogP contribution in [0.3, 0.4) is 0 Å². The Labute approximate surface area is 166 Å². The number of hydrogen-bond acceptors (Lipinski definition) is 6. The molecule has 2 saturated heterocycles. The summed E-state index contributed by atoms with van der Waals surface area (Å²) in [6, 6.07) is 6.07. The molecule has 0 spiro atoms. The molecule has 0 aliphatic carbocycles. The molecule has 2 heterocycles. The van der Waals surface area contributed by atoms with E-state index in [2.05, 4.69) is 10.2 Å². The van der Waals surface area contributed by atoms with Gasteiger partial charge >= 0.3 is 0 Å². The van der Waals surface area contributed by atoms with Gasteiger partial charge in [0.2, 0.25) is 15.9 Å². The number of carbonyl (C=O) groups excluding carboxylic acids is 1. The van der Waals surface area contributed by atoms with Crippen molar-refractivity contribution in [1.29, 1.82) is 0 Å². The molecule has 3 atom stereocenters. The van der Waals surface area contributed by atoms with Crippen LogP contribution < -0.4 is 5.32 Å². The Balaban J connectivity index is 1.69. The minimum Gasteiger partial charge on any atom is -0.379 e. The third kappa shape index (κ3) is 4.90. The van der Waals surface area contributed by atoms with Gasteiger partial charge in [0.1, 0.15) is 0 Å². The number of anilines is 1. The second-order valence-corrected chi connectivity index (χ2v) is 9.36. The highest BCUT2D eigenvalue weighted by molar-refractivity contribution is 7.89. The van der Waals surface area contributed by atoms with Gasteiger partial charge in [-0.05, 0) is 39.0 Å². The second kappa shape index (κ2) is 8.87. The maximum Gasteiger partial charge on any atom is 0.243 e. The Morgan fingerprint density at radius 1 is 1.18 bits per heavy atom. The maximum absolute atomic E-state index is 12.8. The number of nitrogens with one attached hydrogen (secondary N) is 1. The predicted molar refractivity (Wildman–Crippen MR) is 106 cm³/mol. The fourth-order valence-electron chi connectivity index (χ4n) is 3.62. The summed E-state index contributed by atoms with van der Waals surface area (Å²) in [5.41, 5.74) is 0.473. The van der Waals surface area contributed by atoms with Crippen molar-refractivity contribution >= 4 is 21.6 Å². The normalized spacial score (nSPS) is 26.0. The molecule has 0 bridgehead atoms. The summed E-state index contributed by atoms with van der Waals surface area (Å²) in [6.45, 7) is 8.67. The molecule has 0 aromatic heterocycles. The van der Waals surface area contributed by atoms with E-state index in [0.29, 0.717) is 45.1 Å². The number of hydrogen-bond donors (Lipinski definition) is 1. The predicted octanol–water partition coefficient (Wildman–Crippen LogP) is 1.14. The first kappa shape index (κ1) is 21.2. The van der Waals surface area contributed by atoms with E-state index < -0.39 is 10.0 Å². The van der Waals surface area contributed by atoms with Gasteiger partial charge in [-0.3, -0.25) is 9.69 Å². The van der Waals surface area contributed by atoms with Gasteiger partial charge in [-0.1, -0.05) is 6.07 Å². The number of rotatable bonds is 5. The minimum atomic E-state index is -3.60. The molecule has 1 amide bonds. The van der Waals surface area contributed by atoms with Gasteiger partial charge in [0.15, 0.2) is 0 Å². The van der Waals surface area contributed by atoms with E-state index in [-0.39, 0.29) is 29.1 Å². The zero-order valence-corrected chi connectivity index (χ0v) is 17.4. The summed E-state index contributed by atoms with van der Waals surface area (Å²) >= 11 is 0. The Kier molecular flexibility index (Phi) is 6.72. The molecule has 3 rings (SSSR count). The molecule has 0 saturated carbocycles. The average molecular weight is 412 g/mol. The zero-order chi connectivity index (χ0) is 20.3. The van der Waals surface area contributed by atoms with E-state index in [4.69, 9.17) is 9.47 Å². The molecule has 156 valence electrons. The van der Waals surface area contributed by atoms with Crippen LogP contribution in [0.1, 0.15) is 20.8 Å². The van der Waals surface area contributed by atoms with E-state index in [9.17, 15) is 13.2 Å². The molecule has 2 fully saturated rings. The first-order valence-corrected chi connectivity index (χ1v) is 11.1. The number of nitrogens with zero attached hydrogens (tertiary/aromatic N) is 2. The van der Waals surface area contributed by atoms with E-state index in [1.54, 1.807) is 18.2 Å². The second-order valence-electron chi connectivity index (χ2n) is 7.42. The Morgan fingerprint density at radius 3 is 2.46 bits per heavy atom. The third-order valence-electron chi connectivity index (χ3n) is 5.08. The van der Waals surface area contributed by atoms with E-state index in [0.717, 1.165) is 0 Å². The van der Waals surface area contributed by atoms with Crippen molar-refractivity contribution < 1.29 is 22.7 Å². The van der Waals surface area contributed by atoms with Crippen LogP contribution in [-0.2, 0) is 24.3 Å². The highest BCUT2D eigenvalue weighted by Gasteiger charge is 2.30. The third-order valence-corrected chi connectivity index (χ3v) is 6.98. The first-order chi connectivity index (χ1) is 13.3. The zero-order valence-electron chi connectivity index (χ0n) is 16.6. The smallest absolute Gasteiger partial charge is 0.243 e. The van der Waals surface area contributed by atoms with E-state index in [1.807, 2.05) is 20.8 Å². The van der Waals surface area contributed by atoms with Gasteiger partial charge in [0.05, 0.1) is 36.4 Å². The lowest BCUT2D eigenvalue weighted by Gasteiger charge is -2.38. The van der Waals surface area contributed by atoms with Gasteiger partial charge in [0, 0.05) is 31.9 Å². The monoisotopic (exact) mass is 411 g/mol. The van der Waals surface area contributed by atoms with Gasteiger partial charge < -0.3 is 14.8 Å². The van der Waals surface area contributed by atoms with Crippen LogP contribution in [0.15, 0.2) is 29.2 Å². The van der Waals surface area contributed by atoms with E-state index >= 15 is 0 Å². The van der Waals surface area contributed by atoms with Crippen LogP contribution >= 0.6 is 0 Å².